The van der Waals surface area contributed by atoms with E-state index in [2.05, 4.69) is 32.6 Å². The second-order valence-corrected chi connectivity index (χ2v) is 11.1. The van der Waals surface area contributed by atoms with Crippen molar-refractivity contribution in [2.24, 2.45) is 17.8 Å². The molecule has 180 valence electrons. The fourth-order valence-electron chi connectivity index (χ4n) is 5.62. The van der Waals surface area contributed by atoms with Crippen LogP contribution in [0, 0.1) is 29.4 Å². The van der Waals surface area contributed by atoms with Gasteiger partial charge in [-0.3, -0.25) is 9.69 Å². The molecule has 1 amide bonds. The van der Waals surface area contributed by atoms with Gasteiger partial charge in [-0.15, -0.1) is 0 Å². The first-order valence-corrected chi connectivity index (χ1v) is 12.1. The number of benzene rings is 1. The normalized spacial score (nSPS) is 31.8. The largest absolute Gasteiger partial charge is 0.389 e. The van der Waals surface area contributed by atoms with Crippen molar-refractivity contribution in [1.82, 2.24) is 9.80 Å². The molecular formula is C26H40F2N2O2. The molecule has 1 aromatic carbocycles. The molecule has 0 bridgehead atoms. The lowest BCUT2D eigenvalue weighted by molar-refractivity contribution is -0.152. The van der Waals surface area contributed by atoms with Crippen molar-refractivity contribution in [3.63, 3.8) is 0 Å². The number of unbranched alkanes of at least 4 members (excludes halogenated alkanes) is 1. The number of hydrogen-bond donors (Lipinski definition) is 1. The van der Waals surface area contributed by atoms with E-state index in [1.54, 1.807) is 0 Å². The van der Waals surface area contributed by atoms with Crippen LogP contribution in [0.1, 0.15) is 72.3 Å². The van der Waals surface area contributed by atoms with Crippen LogP contribution in [0.15, 0.2) is 18.2 Å². The number of aliphatic hydroxyl groups is 1. The Labute approximate surface area is 192 Å². The number of amides is 1. The zero-order valence-electron chi connectivity index (χ0n) is 20.5. The van der Waals surface area contributed by atoms with Gasteiger partial charge in [-0.1, -0.05) is 39.7 Å². The van der Waals surface area contributed by atoms with Crippen LogP contribution in [0.5, 0.6) is 0 Å². The number of rotatable bonds is 5. The van der Waals surface area contributed by atoms with Gasteiger partial charge >= 0.3 is 0 Å². The molecule has 0 saturated carbocycles. The zero-order chi connectivity index (χ0) is 23.8. The van der Waals surface area contributed by atoms with Crippen LogP contribution >= 0.6 is 0 Å². The van der Waals surface area contributed by atoms with E-state index in [9.17, 15) is 18.7 Å². The van der Waals surface area contributed by atoms with E-state index in [4.69, 9.17) is 0 Å². The van der Waals surface area contributed by atoms with E-state index in [1.165, 1.54) is 12.1 Å². The number of nitrogens with zero attached hydrogens (tertiary/aromatic N) is 2. The highest BCUT2D eigenvalue weighted by molar-refractivity contribution is 5.81. The maximum atomic E-state index is 14.7. The maximum absolute atomic E-state index is 14.7. The molecule has 4 nitrogen and oxygen atoms in total. The van der Waals surface area contributed by atoms with Gasteiger partial charge in [0.1, 0.15) is 11.6 Å². The van der Waals surface area contributed by atoms with E-state index in [0.717, 1.165) is 25.3 Å². The van der Waals surface area contributed by atoms with Gasteiger partial charge in [0.25, 0.3) is 0 Å². The van der Waals surface area contributed by atoms with Gasteiger partial charge in [-0.05, 0) is 38.8 Å². The number of carbonyl (C=O) groups excluding carboxylic acids is 1. The molecule has 0 aliphatic carbocycles. The van der Waals surface area contributed by atoms with Crippen LogP contribution in [0.2, 0.25) is 0 Å². The fraction of sp³-hybridized carbons (Fsp3) is 0.731. The minimum absolute atomic E-state index is 0.0155. The van der Waals surface area contributed by atoms with Crippen molar-refractivity contribution in [2.75, 3.05) is 26.2 Å². The summed E-state index contributed by atoms with van der Waals surface area (Å²) < 4.78 is 28.3. The molecule has 32 heavy (non-hydrogen) atoms. The predicted molar refractivity (Wildman–Crippen MR) is 123 cm³/mol. The molecule has 1 N–H and O–H groups in total. The van der Waals surface area contributed by atoms with Gasteiger partial charge in [-0.25, -0.2) is 8.78 Å². The number of carbonyl (C=O) groups is 1. The van der Waals surface area contributed by atoms with Gasteiger partial charge < -0.3 is 10.0 Å². The smallest absolute Gasteiger partial charge is 0.227 e. The lowest BCUT2D eigenvalue weighted by atomic mass is 9.72. The molecule has 0 spiro atoms. The minimum Gasteiger partial charge on any atom is -0.389 e. The molecule has 2 unspecified atom stereocenters. The Bertz CT molecular complexity index is 811. The molecular weight excluding hydrogens is 410 g/mol. The Balaban J connectivity index is 1.86. The topological polar surface area (TPSA) is 43.8 Å². The molecule has 6 heteroatoms. The first-order valence-electron chi connectivity index (χ1n) is 12.1. The van der Waals surface area contributed by atoms with Gasteiger partial charge in [0.05, 0.1) is 11.5 Å². The first-order chi connectivity index (χ1) is 14.9. The average Bonchev–Trinajstić information content (AvgIpc) is 3.15. The number of halogens is 2. The number of likely N-dealkylation sites (tertiary alicyclic amines) is 2. The fourth-order valence-corrected chi connectivity index (χ4v) is 5.62. The summed E-state index contributed by atoms with van der Waals surface area (Å²) in [6.45, 7) is 14.6. The summed E-state index contributed by atoms with van der Waals surface area (Å²) in [5.41, 5.74) is -0.510. The molecule has 2 saturated heterocycles. The maximum Gasteiger partial charge on any atom is 0.227 e. The zero-order valence-corrected chi connectivity index (χ0v) is 20.5. The standard InChI is InChI=1S/C26H40F2N2O2/c1-7-8-11-26(32)17(2)13-29(14-18(26)3)24(31)22-16-30(25(4,5)6)15-21(22)20-10-9-19(27)12-23(20)28/h9-10,12,17-18,21-22,32H,7-8,11,13-16H2,1-6H3/t17-,18?,21+,22-,26?/m1/s1. The van der Waals surface area contributed by atoms with Crippen molar-refractivity contribution < 1.29 is 18.7 Å². The predicted octanol–water partition coefficient (Wildman–Crippen LogP) is 4.81. The van der Waals surface area contributed by atoms with Gasteiger partial charge in [-0.2, -0.15) is 0 Å². The van der Waals surface area contributed by atoms with Crippen molar-refractivity contribution in [3.8, 4) is 0 Å². The highest BCUT2D eigenvalue weighted by Crippen LogP contribution is 2.41. The summed E-state index contributed by atoms with van der Waals surface area (Å²) in [6, 6.07) is 3.68. The summed E-state index contributed by atoms with van der Waals surface area (Å²) in [5.74, 6) is -1.94. The first kappa shape index (κ1) is 25.1. The van der Waals surface area contributed by atoms with Crippen molar-refractivity contribution in [1.29, 1.82) is 0 Å². The lowest BCUT2D eigenvalue weighted by Gasteiger charge is -2.48. The molecule has 2 aliphatic heterocycles. The Morgan fingerprint density at radius 3 is 2.28 bits per heavy atom. The van der Waals surface area contributed by atoms with E-state index < -0.39 is 23.2 Å². The van der Waals surface area contributed by atoms with Crippen LogP contribution < -0.4 is 0 Å². The Kier molecular flexibility index (Phi) is 7.36. The van der Waals surface area contributed by atoms with Gasteiger partial charge in [0, 0.05) is 55.5 Å². The number of piperidine rings is 1. The quantitative estimate of drug-likeness (QED) is 0.700. The third-order valence-corrected chi connectivity index (χ3v) is 7.89. The third-order valence-electron chi connectivity index (χ3n) is 7.89. The molecule has 2 heterocycles. The molecule has 1 aromatic rings. The highest BCUT2D eigenvalue weighted by atomic mass is 19.1. The van der Waals surface area contributed by atoms with Crippen molar-refractivity contribution in [2.45, 2.75) is 77.9 Å². The van der Waals surface area contributed by atoms with Crippen molar-refractivity contribution in [3.05, 3.63) is 35.4 Å². The summed E-state index contributed by atoms with van der Waals surface area (Å²) >= 11 is 0. The van der Waals surface area contributed by atoms with E-state index in [0.29, 0.717) is 31.7 Å². The molecule has 0 radical (unpaired) electrons. The Morgan fingerprint density at radius 2 is 1.75 bits per heavy atom. The monoisotopic (exact) mass is 450 g/mol. The SMILES string of the molecule is CCCCC1(O)C(C)CN(C(=O)[C@@H]2CN(C(C)(C)C)C[C@H]2c2ccc(F)cc2F)C[C@H]1C. The summed E-state index contributed by atoms with van der Waals surface area (Å²) in [7, 11) is 0. The summed E-state index contributed by atoms with van der Waals surface area (Å²) in [4.78, 5) is 17.9. The van der Waals surface area contributed by atoms with Crippen LogP contribution in [-0.2, 0) is 4.79 Å². The summed E-state index contributed by atoms with van der Waals surface area (Å²) in [6.07, 6.45) is 2.74. The van der Waals surface area contributed by atoms with Crippen LogP contribution in [-0.4, -0.2) is 58.1 Å². The molecule has 2 aliphatic rings. The Hall–Kier alpha value is -1.53. The van der Waals surface area contributed by atoms with Crippen molar-refractivity contribution >= 4 is 5.91 Å². The van der Waals surface area contributed by atoms with E-state index in [1.807, 2.05) is 18.7 Å². The molecule has 5 atom stereocenters. The van der Waals surface area contributed by atoms with Crippen LogP contribution in [0.4, 0.5) is 8.78 Å². The summed E-state index contributed by atoms with van der Waals surface area (Å²) in [5, 5.41) is 11.3. The van der Waals surface area contributed by atoms with E-state index in [-0.39, 0.29) is 29.2 Å². The second kappa shape index (κ2) is 9.38. The van der Waals surface area contributed by atoms with E-state index >= 15 is 0 Å². The van der Waals surface area contributed by atoms with Crippen LogP contribution in [0.25, 0.3) is 0 Å². The Morgan fingerprint density at radius 1 is 1.12 bits per heavy atom. The van der Waals surface area contributed by atoms with Gasteiger partial charge in [0.2, 0.25) is 5.91 Å². The molecule has 3 rings (SSSR count). The number of hydrogen-bond acceptors (Lipinski definition) is 3. The molecule has 0 aromatic heterocycles. The highest BCUT2D eigenvalue weighted by Gasteiger charge is 2.49. The average molecular weight is 451 g/mol. The van der Waals surface area contributed by atoms with Gasteiger partial charge in [0.15, 0.2) is 0 Å². The minimum atomic E-state index is -0.762. The molecule has 2 fully saturated rings. The second-order valence-electron chi connectivity index (χ2n) is 11.1. The third kappa shape index (κ3) is 4.86. The lowest BCUT2D eigenvalue weighted by Crippen LogP contribution is -2.58. The van der Waals surface area contributed by atoms with Crippen LogP contribution in [0.3, 0.4) is 0 Å².